The highest BCUT2D eigenvalue weighted by atomic mass is 16.5. The molecule has 0 bridgehead atoms. The number of aryl methyl sites for hydroxylation is 6. The summed E-state index contributed by atoms with van der Waals surface area (Å²) in [6, 6.07) is 28.1. The Bertz CT molecular complexity index is 1320. The standard InChI is InChI=1S/C34H35NO2/c1-7-36-33-21-29(22-34(23-33)37-8-2)12-11-28-13-17-30(18-14-28)35(31-15-9-24(3)26(5)19-31)32-16-10-25(4)27(6)20-32/h7-10,13-23H,1-2,11-12H2,3-6H3. The van der Waals surface area contributed by atoms with Gasteiger partial charge in [-0.2, -0.15) is 0 Å². The number of hydrogen-bond acceptors (Lipinski definition) is 3. The zero-order valence-electron chi connectivity index (χ0n) is 22.3. The second kappa shape index (κ2) is 11.7. The summed E-state index contributed by atoms with van der Waals surface area (Å²) in [6.45, 7) is 15.9. The van der Waals surface area contributed by atoms with Gasteiger partial charge < -0.3 is 14.4 Å². The summed E-state index contributed by atoms with van der Waals surface area (Å²) < 4.78 is 11.0. The van der Waals surface area contributed by atoms with Gasteiger partial charge in [-0.1, -0.05) is 37.4 Å². The molecular weight excluding hydrogens is 454 g/mol. The van der Waals surface area contributed by atoms with E-state index in [-0.39, 0.29) is 0 Å². The molecule has 37 heavy (non-hydrogen) atoms. The van der Waals surface area contributed by atoms with Crippen LogP contribution in [-0.2, 0) is 12.8 Å². The van der Waals surface area contributed by atoms with Gasteiger partial charge in [-0.05, 0) is 122 Å². The molecule has 0 spiro atoms. The lowest BCUT2D eigenvalue weighted by molar-refractivity contribution is 0.459. The van der Waals surface area contributed by atoms with Crippen molar-refractivity contribution in [3.63, 3.8) is 0 Å². The monoisotopic (exact) mass is 489 g/mol. The molecule has 0 atom stereocenters. The van der Waals surface area contributed by atoms with Crippen molar-refractivity contribution in [2.45, 2.75) is 40.5 Å². The van der Waals surface area contributed by atoms with E-state index in [1.54, 1.807) is 0 Å². The molecule has 0 fully saturated rings. The van der Waals surface area contributed by atoms with Gasteiger partial charge in [0.25, 0.3) is 0 Å². The first-order valence-corrected chi connectivity index (χ1v) is 12.6. The fraction of sp³-hybridized carbons (Fsp3) is 0.176. The Balaban J connectivity index is 1.60. The van der Waals surface area contributed by atoms with Crippen LogP contribution in [0.1, 0.15) is 33.4 Å². The van der Waals surface area contributed by atoms with Gasteiger partial charge in [-0.3, -0.25) is 0 Å². The van der Waals surface area contributed by atoms with Crippen LogP contribution in [-0.4, -0.2) is 0 Å². The average Bonchev–Trinajstić information content (AvgIpc) is 2.88. The Morgan fingerprint density at radius 3 is 1.46 bits per heavy atom. The van der Waals surface area contributed by atoms with Gasteiger partial charge >= 0.3 is 0 Å². The molecular formula is C34H35NO2. The van der Waals surface area contributed by atoms with E-state index in [1.807, 2.05) is 18.2 Å². The normalized spacial score (nSPS) is 10.6. The molecule has 0 saturated heterocycles. The van der Waals surface area contributed by atoms with Crippen molar-refractivity contribution in [3.8, 4) is 11.5 Å². The summed E-state index contributed by atoms with van der Waals surface area (Å²) in [5.74, 6) is 1.41. The lowest BCUT2D eigenvalue weighted by Gasteiger charge is -2.27. The highest BCUT2D eigenvalue weighted by molar-refractivity contribution is 5.77. The van der Waals surface area contributed by atoms with Crippen molar-refractivity contribution in [2.75, 3.05) is 4.90 Å². The Labute approximate surface area is 221 Å². The van der Waals surface area contributed by atoms with Crippen LogP contribution in [0.15, 0.2) is 105 Å². The van der Waals surface area contributed by atoms with Crippen molar-refractivity contribution in [1.82, 2.24) is 0 Å². The molecule has 0 heterocycles. The Morgan fingerprint density at radius 2 is 1.00 bits per heavy atom. The minimum absolute atomic E-state index is 0.706. The molecule has 4 aromatic rings. The maximum Gasteiger partial charge on any atom is 0.130 e. The van der Waals surface area contributed by atoms with E-state index >= 15 is 0 Å². The Hall–Kier alpha value is -4.24. The maximum atomic E-state index is 5.49. The SMILES string of the molecule is C=COc1cc(CCc2ccc(N(c3ccc(C)c(C)c3)c3ccc(C)c(C)c3)cc2)cc(OC=C)c1. The maximum absolute atomic E-state index is 5.49. The molecule has 0 unspecified atom stereocenters. The highest BCUT2D eigenvalue weighted by Gasteiger charge is 2.14. The van der Waals surface area contributed by atoms with Crippen LogP contribution in [0, 0.1) is 27.7 Å². The summed E-state index contributed by atoms with van der Waals surface area (Å²) in [7, 11) is 0. The van der Waals surface area contributed by atoms with Crippen molar-refractivity contribution >= 4 is 17.1 Å². The lowest BCUT2D eigenvalue weighted by Crippen LogP contribution is -2.11. The lowest BCUT2D eigenvalue weighted by atomic mass is 10.0. The average molecular weight is 490 g/mol. The molecule has 4 rings (SSSR count). The second-order valence-electron chi connectivity index (χ2n) is 9.42. The van der Waals surface area contributed by atoms with Crippen LogP contribution in [0.2, 0.25) is 0 Å². The zero-order chi connectivity index (χ0) is 26.4. The van der Waals surface area contributed by atoms with Gasteiger partial charge in [-0.25, -0.2) is 0 Å². The summed E-state index contributed by atoms with van der Waals surface area (Å²) in [5.41, 5.74) is 11.0. The molecule has 0 aliphatic heterocycles. The van der Waals surface area contributed by atoms with Crippen molar-refractivity contribution in [1.29, 1.82) is 0 Å². The third-order valence-electron chi connectivity index (χ3n) is 6.77. The van der Waals surface area contributed by atoms with Crippen molar-refractivity contribution in [2.24, 2.45) is 0 Å². The van der Waals surface area contributed by atoms with Gasteiger partial charge in [0.1, 0.15) is 11.5 Å². The Kier molecular flexibility index (Phi) is 8.15. The Morgan fingerprint density at radius 1 is 0.541 bits per heavy atom. The number of rotatable bonds is 10. The fourth-order valence-corrected chi connectivity index (χ4v) is 4.38. The molecule has 0 aliphatic rings. The van der Waals surface area contributed by atoms with Crippen LogP contribution >= 0.6 is 0 Å². The topological polar surface area (TPSA) is 21.7 Å². The quantitative estimate of drug-likeness (QED) is 0.207. The highest BCUT2D eigenvalue weighted by Crippen LogP contribution is 2.36. The molecule has 0 radical (unpaired) electrons. The second-order valence-corrected chi connectivity index (χ2v) is 9.42. The van der Waals surface area contributed by atoms with E-state index in [2.05, 4.69) is 106 Å². The van der Waals surface area contributed by atoms with Crippen molar-refractivity contribution < 1.29 is 9.47 Å². The van der Waals surface area contributed by atoms with E-state index in [1.165, 1.54) is 40.3 Å². The fourth-order valence-electron chi connectivity index (χ4n) is 4.38. The molecule has 0 saturated carbocycles. The number of nitrogens with zero attached hydrogens (tertiary/aromatic N) is 1. The van der Waals surface area contributed by atoms with Gasteiger partial charge in [0, 0.05) is 23.1 Å². The van der Waals surface area contributed by atoms with Gasteiger partial charge in [0.05, 0.1) is 12.5 Å². The molecule has 0 N–H and O–H groups in total. The van der Waals surface area contributed by atoms with Crippen LogP contribution in [0.5, 0.6) is 11.5 Å². The molecule has 0 aromatic heterocycles. The first kappa shape index (κ1) is 25.8. The summed E-state index contributed by atoms with van der Waals surface area (Å²) in [5, 5.41) is 0. The van der Waals surface area contributed by atoms with Gasteiger partial charge in [-0.15, -0.1) is 0 Å². The van der Waals surface area contributed by atoms with Crippen LogP contribution < -0.4 is 14.4 Å². The number of anilines is 3. The number of hydrogen-bond donors (Lipinski definition) is 0. The van der Waals surface area contributed by atoms with E-state index < -0.39 is 0 Å². The van der Waals surface area contributed by atoms with Crippen LogP contribution in [0.4, 0.5) is 17.1 Å². The van der Waals surface area contributed by atoms with E-state index in [4.69, 9.17) is 9.47 Å². The van der Waals surface area contributed by atoms with Crippen LogP contribution in [0.25, 0.3) is 0 Å². The first-order valence-electron chi connectivity index (χ1n) is 12.6. The third-order valence-corrected chi connectivity index (χ3v) is 6.77. The predicted molar refractivity (Wildman–Crippen MR) is 156 cm³/mol. The van der Waals surface area contributed by atoms with Gasteiger partial charge in [0.15, 0.2) is 0 Å². The molecule has 4 aromatic carbocycles. The predicted octanol–water partition coefficient (Wildman–Crippen LogP) is 9.22. The van der Waals surface area contributed by atoms with Crippen molar-refractivity contribution in [3.05, 3.63) is 138 Å². The van der Waals surface area contributed by atoms with Gasteiger partial charge in [0.2, 0.25) is 0 Å². The molecule has 0 amide bonds. The molecule has 0 aliphatic carbocycles. The first-order chi connectivity index (χ1) is 17.9. The summed E-state index contributed by atoms with van der Waals surface area (Å²) >= 11 is 0. The minimum Gasteiger partial charge on any atom is -0.465 e. The summed E-state index contributed by atoms with van der Waals surface area (Å²) in [4.78, 5) is 2.33. The zero-order valence-corrected chi connectivity index (χ0v) is 22.3. The minimum atomic E-state index is 0.706. The number of benzene rings is 4. The summed E-state index contributed by atoms with van der Waals surface area (Å²) in [6.07, 6.45) is 4.61. The van der Waals surface area contributed by atoms with E-state index in [0.717, 1.165) is 35.5 Å². The smallest absolute Gasteiger partial charge is 0.130 e. The van der Waals surface area contributed by atoms with E-state index in [9.17, 15) is 0 Å². The van der Waals surface area contributed by atoms with E-state index in [0.29, 0.717) is 11.5 Å². The molecule has 188 valence electrons. The molecule has 3 nitrogen and oxygen atoms in total. The molecule has 3 heteroatoms. The van der Waals surface area contributed by atoms with Crippen LogP contribution in [0.3, 0.4) is 0 Å². The largest absolute Gasteiger partial charge is 0.465 e. The number of ether oxygens (including phenoxy) is 2. The third kappa shape index (κ3) is 6.31.